The van der Waals surface area contributed by atoms with Gasteiger partial charge in [0.2, 0.25) is 6.41 Å². The van der Waals surface area contributed by atoms with Crippen LogP contribution < -0.4 is 0 Å². The Morgan fingerprint density at radius 3 is 2.83 bits per heavy atom. The molecule has 1 aliphatic heterocycles. The second-order valence-corrected chi connectivity index (χ2v) is 3.37. The van der Waals surface area contributed by atoms with Gasteiger partial charge in [-0.25, -0.2) is 5.01 Å². The molecule has 0 aromatic carbocycles. The van der Waals surface area contributed by atoms with E-state index in [-0.39, 0.29) is 0 Å². The maximum absolute atomic E-state index is 10.7. The lowest BCUT2D eigenvalue weighted by Gasteiger charge is -2.39. The lowest BCUT2D eigenvalue weighted by molar-refractivity contribution is -0.140. The first-order chi connectivity index (χ1) is 5.79. The number of hydrogen-bond acceptors (Lipinski definition) is 2. The summed E-state index contributed by atoms with van der Waals surface area (Å²) in [4.78, 5) is 10.7. The molecule has 1 amide bonds. The average Bonchev–Trinajstić information content (AvgIpc) is 2.10. The largest absolute Gasteiger partial charge is 0.278 e. The lowest BCUT2D eigenvalue weighted by Crippen LogP contribution is -2.49. The third kappa shape index (κ3) is 1.97. The minimum Gasteiger partial charge on any atom is -0.278 e. The zero-order valence-corrected chi connectivity index (χ0v) is 7.99. The second-order valence-electron chi connectivity index (χ2n) is 3.37. The molecular formula is C9H18N2O. The summed E-state index contributed by atoms with van der Waals surface area (Å²) in [6.07, 6.45) is 4.66. The number of rotatable bonds is 3. The molecule has 70 valence electrons. The van der Waals surface area contributed by atoms with Gasteiger partial charge < -0.3 is 0 Å². The average molecular weight is 170 g/mol. The maximum atomic E-state index is 10.7. The molecule has 1 aliphatic rings. The molecule has 0 saturated carbocycles. The smallest absolute Gasteiger partial charge is 0.224 e. The highest BCUT2D eigenvalue weighted by Gasteiger charge is 2.21. The molecule has 1 saturated heterocycles. The summed E-state index contributed by atoms with van der Waals surface area (Å²) in [6, 6.07) is 0.531. The molecule has 1 rings (SSSR count). The monoisotopic (exact) mass is 170 g/mol. The molecule has 3 nitrogen and oxygen atoms in total. The van der Waals surface area contributed by atoms with Gasteiger partial charge in [0.25, 0.3) is 0 Å². The SMILES string of the molecule is CCN(C=O)N1CCCCC1C. The van der Waals surface area contributed by atoms with E-state index >= 15 is 0 Å². The Morgan fingerprint density at radius 2 is 2.33 bits per heavy atom. The molecule has 1 atom stereocenters. The Kier molecular flexibility index (Phi) is 3.53. The molecule has 0 aliphatic carbocycles. The lowest BCUT2D eigenvalue weighted by atomic mass is 10.1. The van der Waals surface area contributed by atoms with Gasteiger partial charge in [0, 0.05) is 19.1 Å². The molecule has 0 N–H and O–H groups in total. The van der Waals surface area contributed by atoms with E-state index in [2.05, 4.69) is 11.9 Å². The minimum absolute atomic E-state index is 0.531. The Balaban J connectivity index is 2.51. The zero-order chi connectivity index (χ0) is 8.97. The van der Waals surface area contributed by atoms with Gasteiger partial charge in [0.15, 0.2) is 0 Å². The standard InChI is InChI=1S/C9H18N2O/c1-3-10(8-12)11-7-5-4-6-9(11)2/h8-9H,3-7H2,1-2H3. The van der Waals surface area contributed by atoms with Crippen LogP contribution in [0.2, 0.25) is 0 Å². The van der Waals surface area contributed by atoms with Crippen molar-refractivity contribution < 1.29 is 4.79 Å². The van der Waals surface area contributed by atoms with Gasteiger partial charge in [-0.2, -0.15) is 0 Å². The van der Waals surface area contributed by atoms with Gasteiger partial charge in [0.05, 0.1) is 0 Å². The molecule has 3 heteroatoms. The van der Waals surface area contributed by atoms with Crippen LogP contribution >= 0.6 is 0 Å². The van der Waals surface area contributed by atoms with Crippen LogP contribution in [0.1, 0.15) is 33.1 Å². The van der Waals surface area contributed by atoms with E-state index in [0.29, 0.717) is 6.04 Å². The van der Waals surface area contributed by atoms with E-state index in [4.69, 9.17) is 0 Å². The molecule has 1 heterocycles. The molecule has 0 aromatic heterocycles. The predicted octanol–water partition coefficient (Wildman–Crippen LogP) is 1.25. The molecule has 1 fully saturated rings. The van der Waals surface area contributed by atoms with Gasteiger partial charge in [0.1, 0.15) is 0 Å². The highest BCUT2D eigenvalue weighted by molar-refractivity contribution is 5.46. The van der Waals surface area contributed by atoms with Crippen LogP contribution in [0.25, 0.3) is 0 Å². The fourth-order valence-electron chi connectivity index (χ4n) is 1.78. The number of hydrazine groups is 1. The van der Waals surface area contributed by atoms with Crippen molar-refractivity contribution in [1.82, 2.24) is 10.0 Å². The number of piperidine rings is 1. The van der Waals surface area contributed by atoms with Gasteiger partial charge in [-0.15, -0.1) is 0 Å². The second kappa shape index (κ2) is 4.45. The van der Waals surface area contributed by atoms with Crippen LogP contribution in [0.3, 0.4) is 0 Å². The van der Waals surface area contributed by atoms with Crippen molar-refractivity contribution in [2.24, 2.45) is 0 Å². The first-order valence-corrected chi connectivity index (χ1v) is 4.78. The molecule has 0 bridgehead atoms. The topological polar surface area (TPSA) is 23.6 Å². The van der Waals surface area contributed by atoms with E-state index < -0.39 is 0 Å². The van der Waals surface area contributed by atoms with E-state index in [1.54, 1.807) is 5.01 Å². The van der Waals surface area contributed by atoms with Crippen LogP contribution in [0.4, 0.5) is 0 Å². The van der Waals surface area contributed by atoms with Crippen molar-refractivity contribution in [3.05, 3.63) is 0 Å². The summed E-state index contributed by atoms with van der Waals surface area (Å²) >= 11 is 0. The van der Waals surface area contributed by atoms with Crippen molar-refractivity contribution in [1.29, 1.82) is 0 Å². The molecule has 12 heavy (non-hydrogen) atoms. The summed E-state index contributed by atoms with van der Waals surface area (Å²) in [5.41, 5.74) is 0. The van der Waals surface area contributed by atoms with Crippen molar-refractivity contribution >= 4 is 6.41 Å². The summed E-state index contributed by atoms with van der Waals surface area (Å²) in [5, 5.41) is 3.96. The Labute approximate surface area is 74.3 Å². The van der Waals surface area contributed by atoms with Crippen LogP contribution in [-0.2, 0) is 4.79 Å². The summed E-state index contributed by atoms with van der Waals surface area (Å²) in [6.45, 7) is 6.02. The fourth-order valence-corrected chi connectivity index (χ4v) is 1.78. The molecule has 0 aromatic rings. The highest BCUT2D eigenvalue weighted by Crippen LogP contribution is 2.17. The van der Waals surface area contributed by atoms with E-state index in [9.17, 15) is 4.79 Å². The molecular weight excluding hydrogens is 152 g/mol. The minimum atomic E-state index is 0.531. The van der Waals surface area contributed by atoms with Gasteiger partial charge in [-0.3, -0.25) is 9.80 Å². The van der Waals surface area contributed by atoms with Crippen molar-refractivity contribution in [2.75, 3.05) is 13.1 Å². The highest BCUT2D eigenvalue weighted by atomic mass is 16.1. The number of nitrogens with zero attached hydrogens (tertiary/aromatic N) is 2. The summed E-state index contributed by atoms with van der Waals surface area (Å²) in [5.74, 6) is 0. The van der Waals surface area contributed by atoms with E-state index in [1.165, 1.54) is 19.3 Å². The van der Waals surface area contributed by atoms with Crippen LogP contribution in [0.5, 0.6) is 0 Å². The van der Waals surface area contributed by atoms with Gasteiger partial charge >= 0.3 is 0 Å². The Hall–Kier alpha value is -0.570. The number of hydrogen-bond donors (Lipinski definition) is 0. The molecule has 0 spiro atoms. The molecule has 0 radical (unpaired) electrons. The Morgan fingerprint density at radius 1 is 1.58 bits per heavy atom. The summed E-state index contributed by atoms with van der Waals surface area (Å²) in [7, 11) is 0. The Bertz CT molecular complexity index is 149. The quantitative estimate of drug-likeness (QED) is 0.595. The van der Waals surface area contributed by atoms with Crippen molar-refractivity contribution in [3.63, 3.8) is 0 Å². The fraction of sp³-hybridized carbons (Fsp3) is 0.889. The zero-order valence-electron chi connectivity index (χ0n) is 7.99. The van der Waals surface area contributed by atoms with E-state index in [0.717, 1.165) is 19.5 Å². The van der Waals surface area contributed by atoms with Crippen LogP contribution in [0, 0.1) is 0 Å². The molecule has 1 unspecified atom stereocenters. The maximum Gasteiger partial charge on any atom is 0.224 e. The van der Waals surface area contributed by atoms with E-state index in [1.807, 2.05) is 6.92 Å². The van der Waals surface area contributed by atoms with Crippen LogP contribution in [0.15, 0.2) is 0 Å². The predicted molar refractivity (Wildman–Crippen MR) is 48.5 cm³/mol. The van der Waals surface area contributed by atoms with Gasteiger partial charge in [-0.1, -0.05) is 6.42 Å². The van der Waals surface area contributed by atoms with Gasteiger partial charge in [-0.05, 0) is 26.7 Å². The third-order valence-electron chi connectivity index (χ3n) is 2.54. The number of carbonyl (C=O) groups excluding carboxylic acids is 1. The van der Waals surface area contributed by atoms with Crippen molar-refractivity contribution in [3.8, 4) is 0 Å². The first-order valence-electron chi connectivity index (χ1n) is 4.78. The van der Waals surface area contributed by atoms with Crippen LogP contribution in [-0.4, -0.2) is 35.6 Å². The van der Waals surface area contributed by atoms with Crippen molar-refractivity contribution in [2.45, 2.75) is 39.2 Å². The normalized spacial score (nSPS) is 25.3. The first kappa shape index (κ1) is 9.52. The number of amides is 1. The third-order valence-corrected chi connectivity index (χ3v) is 2.54. The summed E-state index contributed by atoms with van der Waals surface area (Å²) < 4.78 is 0. The number of carbonyl (C=O) groups is 1.